The smallest absolute Gasteiger partial charge is 0.248 e. The van der Waals surface area contributed by atoms with Crippen LogP contribution in [0.25, 0.3) is 0 Å². The van der Waals surface area contributed by atoms with Crippen molar-refractivity contribution >= 4 is 47.6 Å². The second-order valence-corrected chi connectivity index (χ2v) is 6.68. The first-order chi connectivity index (χ1) is 11.0. The number of β-lactam (4-membered cyclic amide) rings is 1. The minimum absolute atomic E-state index is 0. The monoisotopic (exact) mass is 459 g/mol. The van der Waals surface area contributed by atoms with E-state index in [0.717, 1.165) is 0 Å². The van der Waals surface area contributed by atoms with E-state index in [1.807, 2.05) is 42.1 Å². The van der Waals surface area contributed by atoms with Crippen LogP contribution in [0.2, 0.25) is 0 Å². The summed E-state index contributed by atoms with van der Waals surface area (Å²) in [5.41, 5.74) is 7.41. The van der Waals surface area contributed by atoms with E-state index < -0.39 is 12.0 Å². The average Bonchev–Trinajstić information content (AvgIpc) is 2.55. The standard InChI is InChI=1S/C16H17N3O3S.HI/c1-10-4-7-18(8-5-10)6-2-3-11-9-23-15-12(17)14(20)19(15)13(11)16(21)22;/h2-5,7-8,12,15H,6,9,17H2,1H3;1H/t12-,15-;/m1./s1. The number of halogens is 1. The molecule has 0 unspecified atom stereocenters. The molecule has 0 radical (unpaired) electrons. The largest absolute Gasteiger partial charge is 0.543 e. The molecule has 128 valence electrons. The van der Waals surface area contributed by atoms with Gasteiger partial charge in [-0.15, -0.1) is 35.7 Å². The first kappa shape index (κ1) is 18.9. The van der Waals surface area contributed by atoms with Gasteiger partial charge in [0.15, 0.2) is 18.9 Å². The van der Waals surface area contributed by atoms with E-state index >= 15 is 0 Å². The molecular weight excluding hydrogens is 441 g/mol. The lowest BCUT2D eigenvalue weighted by Crippen LogP contribution is -2.69. The highest BCUT2D eigenvalue weighted by molar-refractivity contribution is 14.0. The maximum absolute atomic E-state index is 11.8. The van der Waals surface area contributed by atoms with Crippen LogP contribution in [-0.4, -0.2) is 33.9 Å². The summed E-state index contributed by atoms with van der Waals surface area (Å²) >= 11 is 1.48. The van der Waals surface area contributed by atoms with Crippen LogP contribution >= 0.6 is 35.7 Å². The molecule has 1 aromatic rings. The van der Waals surface area contributed by atoms with Gasteiger partial charge >= 0.3 is 0 Å². The highest BCUT2D eigenvalue weighted by atomic mass is 127. The van der Waals surface area contributed by atoms with Gasteiger partial charge in [0.2, 0.25) is 5.91 Å². The van der Waals surface area contributed by atoms with Gasteiger partial charge in [-0.3, -0.25) is 9.69 Å². The normalized spacial score (nSPS) is 22.9. The van der Waals surface area contributed by atoms with Crippen molar-refractivity contribution < 1.29 is 19.3 Å². The second kappa shape index (κ2) is 7.66. The van der Waals surface area contributed by atoms with Gasteiger partial charge in [0, 0.05) is 17.9 Å². The van der Waals surface area contributed by atoms with Crippen molar-refractivity contribution in [3.8, 4) is 0 Å². The van der Waals surface area contributed by atoms with Crippen molar-refractivity contribution in [2.24, 2.45) is 5.73 Å². The third-order valence-corrected chi connectivity index (χ3v) is 5.25. The molecule has 6 nitrogen and oxygen atoms in total. The molecule has 2 aliphatic heterocycles. The highest BCUT2D eigenvalue weighted by Gasteiger charge is 2.49. The molecule has 0 spiro atoms. The zero-order valence-corrected chi connectivity index (χ0v) is 16.2. The number of aromatic nitrogens is 1. The minimum Gasteiger partial charge on any atom is -0.543 e. The first-order valence-corrected chi connectivity index (χ1v) is 8.31. The maximum atomic E-state index is 11.8. The van der Waals surface area contributed by atoms with Gasteiger partial charge in [0.1, 0.15) is 11.4 Å². The zero-order valence-electron chi connectivity index (χ0n) is 13.0. The van der Waals surface area contributed by atoms with Crippen molar-refractivity contribution in [3.63, 3.8) is 0 Å². The van der Waals surface area contributed by atoms with Crippen LogP contribution in [0.1, 0.15) is 5.56 Å². The molecule has 2 atom stereocenters. The lowest BCUT2D eigenvalue weighted by molar-refractivity contribution is -0.687. The van der Waals surface area contributed by atoms with E-state index in [1.165, 1.54) is 22.2 Å². The Hall–Kier alpha value is -1.39. The van der Waals surface area contributed by atoms with Crippen molar-refractivity contribution in [1.29, 1.82) is 0 Å². The van der Waals surface area contributed by atoms with Crippen molar-refractivity contribution in [2.45, 2.75) is 24.9 Å². The fraction of sp³-hybridized carbons (Fsp3) is 0.312. The number of nitrogens with two attached hydrogens (primary N) is 1. The van der Waals surface area contributed by atoms with Crippen LogP contribution in [-0.2, 0) is 16.1 Å². The summed E-state index contributed by atoms with van der Waals surface area (Å²) in [6, 6.07) is 3.38. The fourth-order valence-electron chi connectivity index (χ4n) is 2.63. The maximum Gasteiger partial charge on any atom is 0.248 e. The third kappa shape index (κ3) is 3.50. The molecule has 1 saturated heterocycles. The quantitative estimate of drug-likeness (QED) is 0.380. The van der Waals surface area contributed by atoms with E-state index in [2.05, 4.69) is 0 Å². The molecule has 1 fully saturated rings. The molecule has 3 rings (SSSR count). The fourth-order valence-corrected chi connectivity index (χ4v) is 3.89. The number of carbonyl (C=O) groups excluding carboxylic acids is 2. The summed E-state index contributed by atoms with van der Waals surface area (Å²) in [5.74, 6) is -1.20. The number of allylic oxidation sites excluding steroid dienone is 2. The predicted octanol–water partition coefficient (Wildman–Crippen LogP) is -0.297. The number of pyridine rings is 1. The molecule has 24 heavy (non-hydrogen) atoms. The summed E-state index contributed by atoms with van der Waals surface area (Å²) in [4.78, 5) is 24.5. The van der Waals surface area contributed by atoms with Crippen LogP contribution in [0.5, 0.6) is 0 Å². The topological polar surface area (TPSA) is 90.3 Å². The Kier molecular flexibility index (Phi) is 6.05. The van der Waals surface area contributed by atoms with Crippen LogP contribution in [0, 0.1) is 6.92 Å². The number of aryl methyl sites for hydroxylation is 1. The summed E-state index contributed by atoms with van der Waals surface area (Å²) in [6.45, 7) is 2.63. The van der Waals surface area contributed by atoms with Crippen LogP contribution in [0.15, 0.2) is 47.9 Å². The Morgan fingerprint density at radius 3 is 2.79 bits per heavy atom. The van der Waals surface area contributed by atoms with Gasteiger partial charge in [-0.2, -0.15) is 0 Å². The van der Waals surface area contributed by atoms with Crippen molar-refractivity contribution in [2.75, 3.05) is 5.75 Å². The molecule has 1 aromatic heterocycles. The van der Waals surface area contributed by atoms with Crippen LogP contribution in [0.4, 0.5) is 0 Å². The lowest BCUT2D eigenvalue weighted by atomic mass is 10.0. The Labute approximate surface area is 161 Å². The summed E-state index contributed by atoms with van der Waals surface area (Å²) in [7, 11) is 0. The summed E-state index contributed by atoms with van der Waals surface area (Å²) in [5, 5.41) is 11.1. The number of hydrogen-bond donors (Lipinski definition) is 1. The van der Waals surface area contributed by atoms with Gasteiger partial charge < -0.3 is 15.6 Å². The predicted molar refractivity (Wildman–Crippen MR) is 99.0 cm³/mol. The van der Waals surface area contributed by atoms with E-state index in [-0.39, 0.29) is 41.0 Å². The molecule has 0 saturated carbocycles. The van der Waals surface area contributed by atoms with Gasteiger partial charge in [-0.25, -0.2) is 4.57 Å². The Bertz CT molecular complexity index is 718. The Morgan fingerprint density at radius 1 is 1.50 bits per heavy atom. The average molecular weight is 459 g/mol. The molecule has 3 heterocycles. The van der Waals surface area contributed by atoms with E-state index in [4.69, 9.17) is 5.73 Å². The minimum atomic E-state index is -1.34. The van der Waals surface area contributed by atoms with E-state index in [9.17, 15) is 14.7 Å². The number of carboxylic acid groups (broad SMARTS) is 1. The molecule has 0 aromatic carbocycles. The molecular formula is C16H18IN3O3S. The molecule has 8 heteroatoms. The molecule has 2 N–H and O–H groups in total. The number of nitrogens with zero attached hydrogens (tertiary/aromatic N) is 2. The molecule has 1 amide bonds. The van der Waals surface area contributed by atoms with Crippen LogP contribution in [0.3, 0.4) is 0 Å². The number of aliphatic carboxylic acids is 1. The first-order valence-electron chi connectivity index (χ1n) is 7.26. The van der Waals surface area contributed by atoms with E-state index in [0.29, 0.717) is 17.9 Å². The lowest BCUT2D eigenvalue weighted by Gasteiger charge is -2.49. The Morgan fingerprint density at radius 2 is 2.17 bits per heavy atom. The molecule has 0 bridgehead atoms. The van der Waals surface area contributed by atoms with E-state index in [1.54, 1.807) is 6.08 Å². The SMILES string of the molecule is Cc1cc[n+](CC=CC2=C(C(=O)[O-])N3C(=O)[C@@H](N)[C@H]3SC2)cc1.I. The second-order valence-electron chi connectivity index (χ2n) is 5.57. The number of carbonyl (C=O) groups is 2. The van der Waals surface area contributed by atoms with Gasteiger partial charge in [-0.05, 0) is 24.1 Å². The van der Waals surface area contributed by atoms with Crippen molar-refractivity contribution in [3.05, 3.63) is 53.5 Å². The molecule has 2 aliphatic rings. The number of thioether (sulfide) groups is 1. The highest BCUT2D eigenvalue weighted by Crippen LogP contribution is 2.39. The number of hydrogen-bond acceptors (Lipinski definition) is 5. The van der Waals surface area contributed by atoms with Gasteiger partial charge in [0.05, 0.1) is 11.7 Å². The number of carboxylic acids is 1. The van der Waals surface area contributed by atoms with Gasteiger partial charge in [0.25, 0.3) is 0 Å². The Balaban J connectivity index is 0.00000208. The van der Waals surface area contributed by atoms with Crippen LogP contribution < -0.4 is 15.4 Å². The van der Waals surface area contributed by atoms with Crippen molar-refractivity contribution in [1.82, 2.24) is 4.90 Å². The summed E-state index contributed by atoms with van der Waals surface area (Å²) < 4.78 is 1.98. The third-order valence-electron chi connectivity index (χ3n) is 3.93. The number of amides is 1. The number of rotatable bonds is 4. The van der Waals surface area contributed by atoms with Gasteiger partial charge in [-0.1, -0.05) is 6.08 Å². The number of fused-ring (bicyclic) bond motifs is 1. The summed E-state index contributed by atoms with van der Waals surface area (Å²) in [6.07, 6.45) is 7.53. The zero-order chi connectivity index (χ0) is 16.6. The molecule has 0 aliphatic carbocycles.